The maximum Gasteiger partial charge on any atom is 0.143 e. The summed E-state index contributed by atoms with van der Waals surface area (Å²) in [4.78, 5) is 0. The van der Waals surface area contributed by atoms with Crippen molar-refractivity contribution in [2.24, 2.45) is 0 Å². The summed E-state index contributed by atoms with van der Waals surface area (Å²) in [6, 6.07) is 12.0. The molecular weight excluding hydrogens is 358 g/mol. The Hall–Kier alpha value is -1.00. The van der Waals surface area contributed by atoms with Crippen LogP contribution in [0.1, 0.15) is 11.1 Å². The molecule has 0 heterocycles. The standard InChI is InChI=1S/C14H13Br2NO/c1-9-3-2-4-11(5-9)17-8-10-6-12(15)14(18)13(16)7-10/h2-7,17-18H,8H2,1H3. The number of halogens is 2. The lowest BCUT2D eigenvalue weighted by atomic mass is 10.2. The van der Waals surface area contributed by atoms with E-state index in [-0.39, 0.29) is 5.75 Å². The third-order valence-electron chi connectivity index (χ3n) is 2.59. The van der Waals surface area contributed by atoms with Gasteiger partial charge in [0, 0.05) is 12.2 Å². The topological polar surface area (TPSA) is 32.3 Å². The van der Waals surface area contributed by atoms with Crippen LogP contribution in [0, 0.1) is 6.92 Å². The van der Waals surface area contributed by atoms with Crippen molar-refractivity contribution < 1.29 is 5.11 Å². The molecular formula is C14H13Br2NO. The zero-order valence-corrected chi connectivity index (χ0v) is 13.0. The van der Waals surface area contributed by atoms with Crippen LogP contribution in [0.5, 0.6) is 5.75 Å². The Labute approximate surface area is 123 Å². The Balaban J connectivity index is 2.11. The minimum absolute atomic E-state index is 0.231. The Bertz CT molecular complexity index is 546. The number of phenols is 1. The number of aryl methyl sites for hydroxylation is 1. The van der Waals surface area contributed by atoms with Gasteiger partial charge in [0.05, 0.1) is 8.95 Å². The molecule has 2 aromatic rings. The van der Waals surface area contributed by atoms with Gasteiger partial charge in [-0.3, -0.25) is 0 Å². The highest BCUT2D eigenvalue weighted by molar-refractivity contribution is 9.11. The maximum absolute atomic E-state index is 9.64. The zero-order chi connectivity index (χ0) is 13.1. The highest BCUT2D eigenvalue weighted by Gasteiger charge is 2.05. The lowest BCUT2D eigenvalue weighted by molar-refractivity contribution is 0.468. The number of hydrogen-bond acceptors (Lipinski definition) is 2. The van der Waals surface area contributed by atoms with E-state index in [0.717, 1.165) is 11.3 Å². The molecule has 0 saturated heterocycles. The largest absolute Gasteiger partial charge is 0.506 e. The normalized spacial score (nSPS) is 10.4. The van der Waals surface area contributed by atoms with E-state index in [1.807, 2.05) is 24.3 Å². The van der Waals surface area contributed by atoms with Gasteiger partial charge in [-0.15, -0.1) is 0 Å². The molecule has 0 aliphatic carbocycles. The number of hydrogen-bond donors (Lipinski definition) is 2. The number of anilines is 1. The number of nitrogens with one attached hydrogen (secondary N) is 1. The Morgan fingerprint density at radius 2 is 1.78 bits per heavy atom. The quantitative estimate of drug-likeness (QED) is 0.810. The summed E-state index contributed by atoms with van der Waals surface area (Å²) in [5, 5.41) is 13.0. The summed E-state index contributed by atoms with van der Waals surface area (Å²) < 4.78 is 1.39. The van der Waals surface area contributed by atoms with Crippen LogP contribution < -0.4 is 5.32 Å². The smallest absolute Gasteiger partial charge is 0.143 e. The second-order valence-electron chi connectivity index (χ2n) is 4.13. The van der Waals surface area contributed by atoms with Gasteiger partial charge in [-0.1, -0.05) is 12.1 Å². The molecule has 0 saturated carbocycles. The molecule has 0 amide bonds. The average Bonchev–Trinajstić information content (AvgIpc) is 2.33. The van der Waals surface area contributed by atoms with Gasteiger partial charge in [0.15, 0.2) is 0 Å². The Kier molecular flexibility index (Phi) is 4.30. The maximum atomic E-state index is 9.64. The summed E-state index contributed by atoms with van der Waals surface area (Å²) in [5.74, 6) is 0.231. The molecule has 0 spiro atoms. The molecule has 0 aromatic heterocycles. The first-order valence-corrected chi connectivity index (χ1v) is 7.12. The van der Waals surface area contributed by atoms with E-state index in [0.29, 0.717) is 15.5 Å². The summed E-state index contributed by atoms with van der Waals surface area (Å²) in [5.41, 5.74) is 3.41. The zero-order valence-electron chi connectivity index (χ0n) is 9.87. The van der Waals surface area contributed by atoms with E-state index in [4.69, 9.17) is 0 Å². The predicted molar refractivity (Wildman–Crippen MR) is 82.0 cm³/mol. The summed E-state index contributed by atoms with van der Waals surface area (Å²) >= 11 is 6.65. The van der Waals surface area contributed by atoms with Gasteiger partial charge in [0.25, 0.3) is 0 Å². The summed E-state index contributed by atoms with van der Waals surface area (Å²) in [7, 11) is 0. The molecule has 2 rings (SSSR count). The minimum Gasteiger partial charge on any atom is -0.506 e. The number of benzene rings is 2. The SMILES string of the molecule is Cc1cccc(NCc2cc(Br)c(O)c(Br)c2)c1. The van der Waals surface area contributed by atoms with Gasteiger partial charge in [0.2, 0.25) is 0 Å². The van der Waals surface area contributed by atoms with Crippen molar-refractivity contribution in [3.05, 3.63) is 56.5 Å². The molecule has 94 valence electrons. The first-order valence-electron chi connectivity index (χ1n) is 5.53. The number of phenolic OH excluding ortho intramolecular Hbond substituents is 1. The van der Waals surface area contributed by atoms with Crippen molar-refractivity contribution in [1.82, 2.24) is 0 Å². The fourth-order valence-corrected chi connectivity index (χ4v) is 2.96. The van der Waals surface area contributed by atoms with Crippen LogP contribution in [-0.4, -0.2) is 5.11 Å². The van der Waals surface area contributed by atoms with Crippen LogP contribution in [0.15, 0.2) is 45.3 Å². The molecule has 2 aromatic carbocycles. The highest BCUT2D eigenvalue weighted by Crippen LogP contribution is 2.33. The fraction of sp³-hybridized carbons (Fsp3) is 0.143. The second kappa shape index (κ2) is 5.76. The molecule has 18 heavy (non-hydrogen) atoms. The fourth-order valence-electron chi connectivity index (χ4n) is 1.68. The van der Waals surface area contributed by atoms with E-state index < -0.39 is 0 Å². The number of rotatable bonds is 3. The van der Waals surface area contributed by atoms with Crippen LogP contribution in [0.4, 0.5) is 5.69 Å². The Morgan fingerprint density at radius 3 is 2.39 bits per heavy atom. The van der Waals surface area contributed by atoms with Gasteiger partial charge in [-0.25, -0.2) is 0 Å². The van der Waals surface area contributed by atoms with Crippen molar-refractivity contribution in [3.63, 3.8) is 0 Å². The third kappa shape index (κ3) is 3.27. The average molecular weight is 371 g/mol. The monoisotopic (exact) mass is 369 g/mol. The van der Waals surface area contributed by atoms with E-state index in [9.17, 15) is 5.11 Å². The molecule has 0 radical (unpaired) electrons. The summed E-state index contributed by atoms with van der Waals surface area (Å²) in [6.45, 7) is 2.78. The van der Waals surface area contributed by atoms with Crippen LogP contribution in [-0.2, 0) is 6.54 Å². The minimum atomic E-state index is 0.231. The highest BCUT2D eigenvalue weighted by atomic mass is 79.9. The van der Waals surface area contributed by atoms with Crippen molar-refractivity contribution in [2.45, 2.75) is 13.5 Å². The van der Waals surface area contributed by atoms with E-state index >= 15 is 0 Å². The lowest BCUT2D eigenvalue weighted by Gasteiger charge is -2.09. The molecule has 0 unspecified atom stereocenters. The molecule has 0 aliphatic heterocycles. The van der Waals surface area contributed by atoms with Crippen LogP contribution in [0.25, 0.3) is 0 Å². The van der Waals surface area contributed by atoms with Gasteiger partial charge in [-0.2, -0.15) is 0 Å². The predicted octanol–water partition coefficient (Wildman–Crippen LogP) is 4.84. The van der Waals surface area contributed by atoms with Crippen LogP contribution in [0.2, 0.25) is 0 Å². The second-order valence-corrected chi connectivity index (χ2v) is 5.84. The van der Waals surface area contributed by atoms with Crippen LogP contribution >= 0.6 is 31.9 Å². The molecule has 0 bridgehead atoms. The molecule has 0 atom stereocenters. The molecule has 0 fully saturated rings. The van der Waals surface area contributed by atoms with Gasteiger partial charge < -0.3 is 10.4 Å². The van der Waals surface area contributed by atoms with Gasteiger partial charge in [-0.05, 0) is 74.2 Å². The van der Waals surface area contributed by atoms with Gasteiger partial charge in [0.1, 0.15) is 5.75 Å². The molecule has 0 aliphatic rings. The molecule has 2 N–H and O–H groups in total. The van der Waals surface area contributed by atoms with Crippen molar-refractivity contribution >= 4 is 37.5 Å². The molecule has 4 heteroatoms. The number of aromatic hydroxyl groups is 1. The first kappa shape index (κ1) is 13.4. The van der Waals surface area contributed by atoms with Crippen LogP contribution in [0.3, 0.4) is 0 Å². The van der Waals surface area contributed by atoms with Crippen molar-refractivity contribution in [3.8, 4) is 5.75 Å². The van der Waals surface area contributed by atoms with Crippen molar-refractivity contribution in [2.75, 3.05) is 5.32 Å². The lowest BCUT2D eigenvalue weighted by Crippen LogP contribution is -1.99. The Morgan fingerprint density at radius 1 is 1.11 bits per heavy atom. The first-order chi connectivity index (χ1) is 8.56. The van der Waals surface area contributed by atoms with Crippen molar-refractivity contribution in [1.29, 1.82) is 0 Å². The molecule has 2 nitrogen and oxygen atoms in total. The third-order valence-corrected chi connectivity index (χ3v) is 3.80. The summed E-state index contributed by atoms with van der Waals surface area (Å²) in [6.07, 6.45) is 0. The van der Waals surface area contributed by atoms with E-state index in [1.165, 1.54) is 5.56 Å². The van der Waals surface area contributed by atoms with E-state index in [1.54, 1.807) is 0 Å². The van der Waals surface area contributed by atoms with Gasteiger partial charge >= 0.3 is 0 Å². The van der Waals surface area contributed by atoms with E-state index in [2.05, 4.69) is 56.2 Å².